The third-order valence-corrected chi connectivity index (χ3v) is 15.2. The topological polar surface area (TPSA) is 380 Å². The van der Waals surface area contributed by atoms with Crippen LogP contribution in [0.2, 0.25) is 0 Å². The number of nitrogens with two attached hydrogens (primary N) is 1. The Kier molecular flexibility index (Phi) is 26.8. The number of unbranched alkanes of at least 4 members (excludes halogenated alkanes) is 8. The van der Waals surface area contributed by atoms with Crippen LogP contribution in [0.3, 0.4) is 0 Å². The maximum atomic E-state index is 14.7. The van der Waals surface area contributed by atoms with Crippen molar-refractivity contribution in [3.05, 3.63) is 33.1 Å². The van der Waals surface area contributed by atoms with Gasteiger partial charge in [0.25, 0.3) is 5.56 Å². The molecule has 17 atom stereocenters. The average molecular weight is 1170 g/mol. The number of esters is 4. The highest BCUT2D eigenvalue weighted by Crippen LogP contribution is 2.37. The number of hydrogen-bond acceptors (Lipinski definition) is 23. The van der Waals surface area contributed by atoms with E-state index in [4.69, 9.17) is 58.2 Å². The number of H-pyrrole nitrogens is 1. The normalized spacial score (nSPS) is 29.8. The number of aromatic amines is 1. The fourth-order valence-corrected chi connectivity index (χ4v) is 10.9. The number of amides is 1. The standard InChI is InChI=1S/C54H85N5O23/c1-8-9-10-11-12-13-14-15-16-17-31(76-40(66)22-29(2)23-41(67)81-53-50(74-7)49(46(73-6)30(3)75-53)80-39(65)19-18-38(63)64)24-42(68)77-35-28-57(4)45(51(69)58(5)44(35)52(70)71)48(82-43-26-32(60)34(27-55)78-43)47-33(61)25-37(79-47)59-21-20-36(62)56-54(59)72/h20-21,29-35,37,43-50,53,60-61H,8-19,22-28,55H2,1-7H3,(H,63,64)(H,70,71)(H,56,62,72)/t29-,30-,31-,32-,33-,34+,35+,37+,43-,44-,45-,46-,47-,48-,49+,50+,53-/m0/s1. The molecule has 0 unspecified atom stereocenters. The minimum absolute atomic E-state index is 0.0902. The van der Waals surface area contributed by atoms with Crippen molar-refractivity contribution in [2.75, 3.05) is 41.4 Å². The molecule has 1 amide bonds. The number of aliphatic carboxylic acids is 2. The van der Waals surface area contributed by atoms with E-state index in [0.717, 1.165) is 66.9 Å². The molecule has 0 spiro atoms. The second kappa shape index (κ2) is 32.6. The van der Waals surface area contributed by atoms with Gasteiger partial charge in [-0.15, -0.1) is 0 Å². The summed E-state index contributed by atoms with van der Waals surface area (Å²) in [6, 6.07) is -2.19. The molecule has 0 aromatic carbocycles. The molecule has 4 aliphatic rings. The van der Waals surface area contributed by atoms with Crippen molar-refractivity contribution in [2.45, 2.75) is 228 Å². The quantitative estimate of drug-likeness (QED) is 0.0331. The van der Waals surface area contributed by atoms with Gasteiger partial charge in [-0.25, -0.2) is 9.59 Å². The summed E-state index contributed by atoms with van der Waals surface area (Å²) in [6.45, 7) is 4.84. The molecule has 4 fully saturated rings. The molecule has 82 heavy (non-hydrogen) atoms. The van der Waals surface area contributed by atoms with Crippen molar-refractivity contribution in [3.8, 4) is 0 Å². The molecule has 5 rings (SSSR count). The highest BCUT2D eigenvalue weighted by molar-refractivity contribution is 5.89. The van der Waals surface area contributed by atoms with Crippen molar-refractivity contribution in [3.63, 3.8) is 0 Å². The van der Waals surface area contributed by atoms with E-state index >= 15 is 0 Å². The van der Waals surface area contributed by atoms with Crippen molar-refractivity contribution in [1.29, 1.82) is 0 Å². The van der Waals surface area contributed by atoms with Crippen LogP contribution in [0.1, 0.15) is 136 Å². The Morgan fingerprint density at radius 2 is 1.43 bits per heavy atom. The van der Waals surface area contributed by atoms with Gasteiger partial charge in [-0.05, 0) is 32.7 Å². The van der Waals surface area contributed by atoms with E-state index in [9.17, 15) is 58.5 Å². The van der Waals surface area contributed by atoms with Crippen LogP contribution in [0.4, 0.5) is 0 Å². The predicted octanol–water partition coefficient (Wildman–Crippen LogP) is 0.876. The zero-order valence-electron chi connectivity index (χ0n) is 47.9. The molecular weight excluding hydrogens is 1090 g/mol. The van der Waals surface area contributed by atoms with Crippen molar-refractivity contribution in [1.82, 2.24) is 19.4 Å². The molecule has 28 nitrogen and oxygen atoms in total. The third kappa shape index (κ3) is 19.0. The number of likely N-dealkylation sites (N-methyl/N-ethyl adjacent to an activating group) is 2. The number of aliphatic hydroxyl groups excluding tert-OH is 2. The van der Waals surface area contributed by atoms with Crippen LogP contribution in [0.15, 0.2) is 21.9 Å². The maximum Gasteiger partial charge on any atom is 0.330 e. The van der Waals surface area contributed by atoms with Crippen LogP contribution in [0.5, 0.6) is 0 Å². The third-order valence-electron chi connectivity index (χ3n) is 15.2. The number of nitrogens with one attached hydrogen (secondary N) is 1. The molecule has 5 heterocycles. The number of aromatic nitrogens is 2. The fraction of sp³-hybridized carbons (Fsp3) is 0.796. The van der Waals surface area contributed by atoms with E-state index in [-0.39, 0.29) is 38.6 Å². The summed E-state index contributed by atoms with van der Waals surface area (Å²) in [7, 11) is 5.26. The van der Waals surface area contributed by atoms with Gasteiger partial charge < -0.3 is 78.4 Å². The smallest absolute Gasteiger partial charge is 0.330 e. The molecule has 0 aliphatic carbocycles. The predicted molar refractivity (Wildman–Crippen MR) is 283 cm³/mol. The molecule has 1 aromatic rings. The van der Waals surface area contributed by atoms with Gasteiger partial charge in [0, 0.05) is 72.3 Å². The van der Waals surface area contributed by atoms with Crippen molar-refractivity contribution < 1.29 is 101 Å². The number of carbonyl (C=O) groups is 7. The molecular formula is C54H85N5O23. The lowest BCUT2D eigenvalue weighted by molar-refractivity contribution is -0.295. The van der Waals surface area contributed by atoms with Gasteiger partial charge in [0.2, 0.25) is 12.2 Å². The van der Waals surface area contributed by atoms with Gasteiger partial charge in [0.1, 0.15) is 42.8 Å². The molecule has 4 saturated heterocycles. The number of ether oxygens (including phenoxy) is 10. The van der Waals surface area contributed by atoms with Gasteiger partial charge in [-0.1, -0.05) is 65.2 Å². The number of hydrogen-bond donors (Lipinski definition) is 6. The van der Waals surface area contributed by atoms with E-state index in [1.807, 2.05) is 0 Å². The lowest BCUT2D eigenvalue weighted by atomic mass is 9.98. The Labute approximate surface area is 475 Å². The number of aliphatic hydroxyl groups is 2. The second-order valence-corrected chi connectivity index (χ2v) is 21.7. The summed E-state index contributed by atoms with van der Waals surface area (Å²) in [5.74, 6) is -7.66. The molecule has 1 aromatic heterocycles. The monoisotopic (exact) mass is 1170 g/mol. The van der Waals surface area contributed by atoms with Crippen molar-refractivity contribution >= 4 is 41.7 Å². The summed E-state index contributed by atoms with van der Waals surface area (Å²) in [6.07, 6.45) is -8.87. The Balaban J connectivity index is 1.29. The van der Waals surface area contributed by atoms with E-state index in [0.29, 0.717) is 6.42 Å². The van der Waals surface area contributed by atoms with Crippen molar-refractivity contribution in [2.24, 2.45) is 11.7 Å². The lowest BCUT2D eigenvalue weighted by Gasteiger charge is -2.43. The number of carboxylic acid groups (broad SMARTS) is 2. The van der Waals surface area contributed by atoms with Gasteiger partial charge in [0.15, 0.2) is 24.5 Å². The minimum Gasteiger partial charge on any atom is -0.481 e. The molecule has 464 valence electrons. The van der Waals surface area contributed by atoms with Crippen LogP contribution >= 0.6 is 0 Å². The Morgan fingerprint density at radius 1 is 0.780 bits per heavy atom. The summed E-state index contributed by atoms with van der Waals surface area (Å²) >= 11 is 0. The van der Waals surface area contributed by atoms with Crippen LogP contribution < -0.4 is 17.0 Å². The average Bonchev–Trinajstić information content (AvgIpc) is 3.12. The second-order valence-electron chi connectivity index (χ2n) is 21.7. The molecule has 0 bridgehead atoms. The first-order chi connectivity index (χ1) is 39.0. The Morgan fingerprint density at radius 3 is 2.04 bits per heavy atom. The summed E-state index contributed by atoms with van der Waals surface area (Å²) in [5.41, 5.74) is 4.29. The van der Waals surface area contributed by atoms with Gasteiger partial charge in [-0.2, -0.15) is 0 Å². The molecule has 4 aliphatic heterocycles. The molecule has 0 radical (unpaired) electrons. The Hall–Kier alpha value is -5.43. The number of carbonyl (C=O) groups excluding carboxylic acids is 5. The van der Waals surface area contributed by atoms with Crippen LogP contribution in [-0.2, 0) is 80.9 Å². The fourth-order valence-electron chi connectivity index (χ4n) is 10.9. The number of carboxylic acids is 2. The van der Waals surface area contributed by atoms with Gasteiger partial charge in [0.05, 0.1) is 43.7 Å². The van der Waals surface area contributed by atoms with Gasteiger partial charge in [-0.3, -0.25) is 48.0 Å². The first-order valence-electron chi connectivity index (χ1n) is 28.2. The summed E-state index contributed by atoms with van der Waals surface area (Å²) in [4.78, 5) is 122. The van der Waals surface area contributed by atoms with E-state index < -0.39 is 183 Å². The van der Waals surface area contributed by atoms with E-state index in [1.165, 1.54) is 39.4 Å². The first-order valence-corrected chi connectivity index (χ1v) is 28.2. The van der Waals surface area contributed by atoms with Gasteiger partial charge >= 0.3 is 41.5 Å². The SMILES string of the molecule is CCCCCCCCCCC[C@@H](CC(=O)O[C@@H]1CN(C)[C@@H]([C@H](O[C@H]2C[C@H](O)[C@@H](CN)O2)[C@H]2O[C@@H](n3ccc(=O)[nH]c3=O)C[C@@H]2O)C(=O)N(C)[C@@H]1C(=O)O)OC(=O)C[C@H](C)CC(=O)O[C@@H]1O[C@@H](C)[C@H](OC)[C@@H](OC(=O)CCC(=O)O)[C@H]1OC. The number of methoxy groups -OCH3 is 2. The number of rotatable bonds is 32. The largest absolute Gasteiger partial charge is 0.481 e. The molecule has 28 heteroatoms. The lowest BCUT2D eigenvalue weighted by Crippen LogP contribution is -2.60. The van der Waals surface area contributed by atoms with E-state index in [2.05, 4.69) is 11.9 Å². The summed E-state index contributed by atoms with van der Waals surface area (Å²) < 4.78 is 59.4. The van der Waals surface area contributed by atoms with Crippen LogP contribution in [-0.4, -0.2) is 215 Å². The Bertz CT molecular complexity index is 2390. The first kappa shape index (κ1) is 67.4. The maximum absolute atomic E-state index is 14.7. The zero-order valence-corrected chi connectivity index (χ0v) is 47.9. The minimum atomic E-state index is -1.79. The van der Waals surface area contributed by atoms with Crippen LogP contribution in [0, 0.1) is 5.92 Å². The summed E-state index contributed by atoms with van der Waals surface area (Å²) in [5, 5.41) is 41.9. The highest BCUT2D eigenvalue weighted by atomic mass is 16.7. The molecule has 7 N–H and O–H groups in total. The highest BCUT2D eigenvalue weighted by Gasteiger charge is 2.54. The van der Waals surface area contributed by atoms with Crippen LogP contribution in [0.25, 0.3) is 0 Å². The zero-order chi connectivity index (χ0) is 60.4. The molecule has 0 saturated carbocycles. The van der Waals surface area contributed by atoms with E-state index in [1.54, 1.807) is 13.8 Å². The number of nitrogens with zero attached hydrogens (tertiary/aromatic N) is 3.